The number of carbonyl (C=O) groups is 1. The highest BCUT2D eigenvalue weighted by atomic mass is 127. The van der Waals surface area contributed by atoms with Crippen molar-refractivity contribution in [3.8, 4) is 0 Å². The number of anilines is 1. The second-order valence-corrected chi connectivity index (χ2v) is 9.23. The number of amides is 1. The van der Waals surface area contributed by atoms with Crippen LogP contribution in [0.3, 0.4) is 0 Å². The maximum Gasteiger partial charge on any atom is 0.312 e. The fourth-order valence-corrected chi connectivity index (χ4v) is 4.82. The number of nitrogens with one attached hydrogen (secondary N) is 1. The van der Waals surface area contributed by atoms with E-state index in [0.717, 1.165) is 25.7 Å². The summed E-state index contributed by atoms with van der Waals surface area (Å²) < 4.78 is 16.9. The Bertz CT molecular complexity index is 1160. The third-order valence-electron chi connectivity index (χ3n) is 5.79. The van der Waals surface area contributed by atoms with Gasteiger partial charge >= 0.3 is 6.08 Å². The first kappa shape index (κ1) is 19.7. The van der Waals surface area contributed by atoms with Gasteiger partial charge in [0.15, 0.2) is 17.0 Å². The van der Waals surface area contributed by atoms with Crippen LogP contribution in [-0.2, 0) is 30.6 Å². The molecule has 2 heterocycles. The lowest BCUT2D eigenvalue weighted by molar-refractivity contribution is -0.121. The normalized spacial score (nSPS) is 15.5. The molecule has 1 saturated carbocycles. The van der Waals surface area contributed by atoms with Crippen LogP contribution in [0.15, 0.2) is 12.1 Å². The van der Waals surface area contributed by atoms with Crippen LogP contribution in [0.1, 0.15) is 48.2 Å². The lowest BCUT2D eigenvalue weighted by Gasteiger charge is -2.11. The van der Waals surface area contributed by atoms with Gasteiger partial charge in [-0.2, -0.15) is 14.4 Å². The number of halogens is 2. The molecular formula is C21H22FIN6O. The third-order valence-corrected chi connectivity index (χ3v) is 6.79. The maximum absolute atomic E-state index is 13.9. The highest BCUT2D eigenvalue weighted by molar-refractivity contribution is 14.1. The summed E-state index contributed by atoms with van der Waals surface area (Å²) in [7, 11) is 0. The van der Waals surface area contributed by atoms with Crippen molar-refractivity contribution in [1.29, 1.82) is 0 Å². The molecule has 0 spiro atoms. The Morgan fingerprint density at radius 3 is 2.77 bits per heavy atom. The Labute approximate surface area is 186 Å². The standard InChI is InChI=1S/C21H22FIN6O/c22-21-27-19(24)18-20(28-21)29(7-6-17(30)25-14-4-5-14)16(26-18)10-13-8-11-2-1-3-12(11)9-15(13)23/h8-9,14H,1-7,10H2,(H,25,30)(H2,24,27,28). The molecule has 156 valence electrons. The molecule has 7 nitrogen and oxygen atoms in total. The van der Waals surface area contributed by atoms with E-state index in [0.29, 0.717) is 36.0 Å². The predicted octanol–water partition coefficient (Wildman–Crippen LogP) is 2.90. The van der Waals surface area contributed by atoms with Crippen LogP contribution in [0.5, 0.6) is 0 Å². The van der Waals surface area contributed by atoms with Crippen LogP contribution in [-0.4, -0.2) is 31.5 Å². The van der Waals surface area contributed by atoms with Crippen LogP contribution in [0.2, 0.25) is 0 Å². The molecule has 0 atom stereocenters. The second kappa shape index (κ2) is 7.75. The van der Waals surface area contributed by atoms with Crippen molar-refractivity contribution >= 4 is 45.5 Å². The van der Waals surface area contributed by atoms with E-state index in [1.54, 1.807) is 0 Å². The average Bonchev–Trinajstić information content (AvgIpc) is 3.27. The molecule has 0 bridgehead atoms. The summed E-state index contributed by atoms with van der Waals surface area (Å²) in [6.45, 7) is 0.363. The Hall–Kier alpha value is -2.30. The predicted molar refractivity (Wildman–Crippen MR) is 119 cm³/mol. The zero-order valence-corrected chi connectivity index (χ0v) is 18.6. The number of aromatic nitrogens is 4. The van der Waals surface area contributed by atoms with Crippen LogP contribution in [0.4, 0.5) is 10.2 Å². The van der Waals surface area contributed by atoms with E-state index >= 15 is 0 Å². The van der Waals surface area contributed by atoms with Gasteiger partial charge in [-0.1, -0.05) is 6.07 Å². The summed E-state index contributed by atoms with van der Waals surface area (Å²) in [4.78, 5) is 24.4. The van der Waals surface area contributed by atoms with Gasteiger partial charge in [0.05, 0.1) is 0 Å². The minimum Gasteiger partial charge on any atom is -0.382 e. The third kappa shape index (κ3) is 3.86. The molecule has 1 amide bonds. The number of nitrogen functional groups attached to an aromatic ring is 1. The van der Waals surface area contributed by atoms with Crippen molar-refractivity contribution in [3.63, 3.8) is 0 Å². The summed E-state index contributed by atoms with van der Waals surface area (Å²) in [6.07, 6.45) is 5.45. The Morgan fingerprint density at radius 2 is 2.00 bits per heavy atom. The molecule has 2 aliphatic rings. The molecule has 0 radical (unpaired) electrons. The number of benzene rings is 1. The minimum absolute atomic E-state index is 0.0140. The summed E-state index contributed by atoms with van der Waals surface area (Å²) in [6, 6.07) is 4.81. The molecule has 0 aliphatic heterocycles. The van der Waals surface area contributed by atoms with E-state index < -0.39 is 6.08 Å². The molecule has 3 aromatic rings. The van der Waals surface area contributed by atoms with Crippen molar-refractivity contribution in [2.75, 3.05) is 5.73 Å². The highest BCUT2D eigenvalue weighted by Crippen LogP contribution is 2.29. The lowest BCUT2D eigenvalue weighted by Crippen LogP contribution is -2.26. The number of aryl methyl sites for hydroxylation is 3. The van der Waals surface area contributed by atoms with E-state index in [-0.39, 0.29) is 18.1 Å². The molecule has 1 fully saturated rings. The van der Waals surface area contributed by atoms with Gasteiger partial charge in [0, 0.05) is 29.0 Å². The van der Waals surface area contributed by atoms with Crippen molar-refractivity contribution in [3.05, 3.63) is 44.3 Å². The van der Waals surface area contributed by atoms with Gasteiger partial charge in [-0.3, -0.25) is 4.79 Å². The van der Waals surface area contributed by atoms with Gasteiger partial charge in [0.1, 0.15) is 5.82 Å². The van der Waals surface area contributed by atoms with Gasteiger partial charge in [-0.25, -0.2) is 4.98 Å². The molecule has 5 rings (SSSR count). The molecule has 0 saturated heterocycles. The quantitative estimate of drug-likeness (QED) is 0.385. The fourth-order valence-electron chi connectivity index (χ4n) is 4.10. The van der Waals surface area contributed by atoms with Gasteiger partial charge in [-0.05, 0) is 77.5 Å². The number of nitrogens with zero attached hydrogens (tertiary/aromatic N) is 4. The van der Waals surface area contributed by atoms with Crippen molar-refractivity contribution in [2.24, 2.45) is 0 Å². The number of carbonyl (C=O) groups excluding carboxylic acids is 1. The number of rotatable bonds is 6. The summed E-state index contributed by atoms with van der Waals surface area (Å²) in [5.74, 6) is 0.718. The SMILES string of the molecule is Nc1nc(F)nc2c1nc(Cc1cc3c(cc1I)CCC3)n2CCC(=O)NC1CC1. The first-order chi connectivity index (χ1) is 14.5. The molecule has 9 heteroatoms. The Balaban J connectivity index is 1.50. The second-order valence-electron chi connectivity index (χ2n) is 8.06. The Kier molecular flexibility index (Phi) is 5.08. The molecule has 1 aromatic carbocycles. The zero-order chi connectivity index (χ0) is 20.8. The van der Waals surface area contributed by atoms with Gasteiger partial charge < -0.3 is 15.6 Å². The minimum atomic E-state index is -0.887. The monoisotopic (exact) mass is 520 g/mol. The molecule has 2 aliphatic carbocycles. The molecule has 3 N–H and O–H groups in total. The van der Waals surface area contributed by atoms with Gasteiger partial charge in [-0.15, -0.1) is 0 Å². The maximum atomic E-state index is 13.9. The average molecular weight is 520 g/mol. The van der Waals surface area contributed by atoms with Crippen molar-refractivity contribution in [2.45, 2.75) is 57.5 Å². The van der Waals surface area contributed by atoms with Crippen LogP contribution < -0.4 is 11.1 Å². The number of nitrogens with two attached hydrogens (primary N) is 1. The fraction of sp³-hybridized carbons (Fsp3) is 0.429. The number of hydrogen-bond acceptors (Lipinski definition) is 5. The Morgan fingerprint density at radius 1 is 1.23 bits per heavy atom. The number of fused-ring (bicyclic) bond motifs is 2. The van der Waals surface area contributed by atoms with E-state index in [4.69, 9.17) is 5.73 Å². The largest absolute Gasteiger partial charge is 0.382 e. The lowest BCUT2D eigenvalue weighted by atomic mass is 10.0. The summed E-state index contributed by atoms with van der Waals surface area (Å²) >= 11 is 2.36. The van der Waals surface area contributed by atoms with Gasteiger partial charge in [0.25, 0.3) is 0 Å². The topological polar surface area (TPSA) is 98.7 Å². The summed E-state index contributed by atoms with van der Waals surface area (Å²) in [5.41, 5.74) is 10.6. The van der Waals surface area contributed by atoms with Gasteiger partial charge in [0.2, 0.25) is 5.91 Å². The van der Waals surface area contributed by atoms with E-state index in [9.17, 15) is 9.18 Å². The first-order valence-electron chi connectivity index (χ1n) is 10.3. The van der Waals surface area contributed by atoms with Crippen LogP contribution >= 0.6 is 22.6 Å². The smallest absolute Gasteiger partial charge is 0.312 e. The first-order valence-corrected chi connectivity index (χ1v) is 11.3. The van der Waals surface area contributed by atoms with E-state index in [1.165, 1.54) is 26.7 Å². The highest BCUT2D eigenvalue weighted by Gasteiger charge is 2.24. The molecule has 30 heavy (non-hydrogen) atoms. The van der Waals surface area contributed by atoms with E-state index in [2.05, 4.69) is 55.0 Å². The summed E-state index contributed by atoms with van der Waals surface area (Å²) in [5, 5.41) is 2.99. The molecule has 2 aromatic heterocycles. The van der Waals surface area contributed by atoms with E-state index in [1.807, 2.05) is 4.57 Å². The molecule has 0 unspecified atom stereocenters. The van der Waals surface area contributed by atoms with Crippen molar-refractivity contribution in [1.82, 2.24) is 24.8 Å². The van der Waals surface area contributed by atoms with Crippen LogP contribution in [0.25, 0.3) is 11.2 Å². The number of hydrogen-bond donors (Lipinski definition) is 2. The number of imidazole rings is 1. The van der Waals surface area contributed by atoms with Crippen molar-refractivity contribution < 1.29 is 9.18 Å². The van der Waals surface area contributed by atoms with Crippen LogP contribution in [0, 0.1) is 9.65 Å². The molecular weight excluding hydrogens is 498 g/mol. The zero-order valence-electron chi connectivity index (χ0n) is 16.4.